The number of rotatable bonds is 4. The molecule has 2 N–H and O–H groups in total. The number of aliphatic hydroxyl groups excluding tert-OH is 1. The minimum Gasteiger partial charge on any atom is -0.479 e. The number of methoxy groups -OCH3 is 1. The van der Waals surface area contributed by atoms with E-state index in [4.69, 9.17) is 27.9 Å². The second-order valence-corrected chi connectivity index (χ2v) is 7.17. The van der Waals surface area contributed by atoms with Gasteiger partial charge in [0.25, 0.3) is 0 Å². The van der Waals surface area contributed by atoms with Crippen molar-refractivity contribution in [1.29, 1.82) is 0 Å². The number of ether oxygens (including phenoxy) is 1. The first kappa shape index (κ1) is 18.0. The Labute approximate surface area is 167 Å². The Hall–Kier alpha value is -2.34. The van der Waals surface area contributed by atoms with Crippen molar-refractivity contribution in [2.24, 2.45) is 0 Å². The molecule has 2 atom stereocenters. The Bertz CT molecular complexity index is 997. The normalized spacial score (nSPS) is 18.2. The molecule has 27 heavy (non-hydrogen) atoms. The first-order valence-corrected chi connectivity index (χ1v) is 9.21. The molecule has 1 heterocycles. The standard InChI is InChI=1S/C20H17Cl2N3O2/c1-27-20-19(14-7-6-12(21)9-15(14)22)23-10-17(25-20)24-18-13-5-3-2-4-11(13)8-16(18)26/h2-7,9-10,16,18,26H,8H2,1H3,(H,24,25)/t16-,18+/m0/s1. The molecule has 0 saturated heterocycles. The van der Waals surface area contributed by atoms with E-state index in [-0.39, 0.29) is 6.04 Å². The highest BCUT2D eigenvalue weighted by molar-refractivity contribution is 6.36. The maximum Gasteiger partial charge on any atom is 0.242 e. The van der Waals surface area contributed by atoms with E-state index in [1.807, 2.05) is 24.3 Å². The Morgan fingerprint density at radius 2 is 2.00 bits per heavy atom. The van der Waals surface area contributed by atoms with E-state index in [2.05, 4.69) is 15.3 Å². The van der Waals surface area contributed by atoms with Gasteiger partial charge in [-0.05, 0) is 29.3 Å². The smallest absolute Gasteiger partial charge is 0.242 e. The van der Waals surface area contributed by atoms with Gasteiger partial charge in [-0.2, -0.15) is 4.98 Å². The summed E-state index contributed by atoms with van der Waals surface area (Å²) in [5.74, 6) is 0.853. The Morgan fingerprint density at radius 3 is 2.78 bits per heavy atom. The Morgan fingerprint density at radius 1 is 1.19 bits per heavy atom. The number of halogens is 2. The van der Waals surface area contributed by atoms with Crippen LogP contribution in [0, 0.1) is 0 Å². The molecule has 0 radical (unpaired) electrons. The fourth-order valence-electron chi connectivity index (χ4n) is 3.36. The van der Waals surface area contributed by atoms with Crippen LogP contribution in [0.15, 0.2) is 48.7 Å². The van der Waals surface area contributed by atoms with Crippen molar-refractivity contribution in [3.05, 3.63) is 69.8 Å². The zero-order chi connectivity index (χ0) is 19.0. The van der Waals surface area contributed by atoms with Gasteiger partial charge < -0.3 is 15.2 Å². The van der Waals surface area contributed by atoms with E-state index in [0.717, 1.165) is 11.1 Å². The van der Waals surface area contributed by atoms with Gasteiger partial charge in [-0.3, -0.25) is 0 Å². The zero-order valence-electron chi connectivity index (χ0n) is 14.5. The molecule has 7 heteroatoms. The van der Waals surface area contributed by atoms with Crippen molar-refractivity contribution in [3.8, 4) is 17.1 Å². The fourth-order valence-corrected chi connectivity index (χ4v) is 3.86. The van der Waals surface area contributed by atoms with Crippen LogP contribution < -0.4 is 10.1 Å². The number of nitrogens with one attached hydrogen (secondary N) is 1. The second kappa shape index (κ2) is 7.35. The third-order valence-corrected chi connectivity index (χ3v) is 5.18. The number of anilines is 1. The van der Waals surface area contributed by atoms with E-state index in [9.17, 15) is 5.11 Å². The fraction of sp³-hybridized carbons (Fsp3) is 0.200. The maximum absolute atomic E-state index is 10.4. The lowest BCUT2D eigenvalue weighted by Crippen LogP contribution is -2.21. The zero-order valence-corrected chi connectivity index (χ0v) is 16.0. The van der Waals surface area contributed by atoms with Crippen LogP contribution in [0.4, 0.5) is 5.82 Å². The van der Waals surface area contributed by atoms with Crippen molar-refractivity contribution in [2.75, 3.05) is 12.4 Å². The molecule has 138 valence electrons. The molecular weight excluding hydrogens is 385 g/mol. The molecule has 0 fully saturated rings. The highest BCUT2D eigenvalue weighted by Gasteiger charge is 2.31. The largest absolute Gasteiger partial charge is 0.479 e. The monoisotopic (exact) mass is 401 g/mol. The molecule has 3 aromatic rings. The van der Waals surface area contributed by atoms with Gasteiger partial charge in [0.15, 0.2) is 0 Å². The number of hydrogen-bond donors (Lipinski definition) is 2. The van der Waals surface area contributed by atoms with Gasteiger partial charge in [0, 0.05) is 17.0 Å². The highest BCUT2D eigenvalue weighted by atomic mass is 35.5. The summed E-state index contributed by atoms with van der Waals surface area (Å²) < 4.78 is 5.42. The van der Waals surface area contributed by atoms with Crippen molar-refractivity contribution in [1.82, 2.24) is 9.97 Å². The number of aromatic nitrogens is 2. The average molecular weight is 402 g/mol. The van der Waals surface area contributed by atoms with Crippen LogP contribution in [-0.2, 0) is 6.42 Å². The molecule has 2 aromatic carbocycles. The molecule has 0 amide bonds. The minimum atomic E-state index is -0.527. The van der Waals surface area contributed by atoms with Gasteiger partial charge in [0.2, 0.25) is 5.88 Å². The number of aliphatic hydroxyl groups is 1. The first-order valence-electron chi connectivity index (χ1n) is 8.45. The van der Waals surface area contributed by atoms with Crippen molar-refractivity contribution < 1.29 is 9.84 Å². The highest BCUT2D eigenvalue weighted by Crippen LogP contribution is 2.36. The van der Waals surface area contributed by atoms with Gasteiger partial charge >= 0.3 is 0 Å². The molecule has 5 nitrogen and oxygen atoms in total. The Kier molecular flexibility index (Phi) is 4.91. The summed E-state index contributed by atoms with van der Waals surface area (Å²) in [5, 5.41) is 14.7. The van der Waals surface area contributed by atoms with Crippen LogP contribution in [0.1, 0.15) is 17.2 Å². The van der Waals surface area contributed by atoms with E-state index < -0.39 is 6.10 Å². The summed E-state index contributed by atoms with van der Waals surface area (Å²) in [7, 11) is 1.53. The SMILES string of the molecule is COc1nc(N[C@@H]2c3ccccc3C[C@@H]2O)cnc1-c1ccc(Cl)cc1Cl. The minimum absolute atomic E-state index is 0.245. The van der Waals surface area contributed by atoms with E-state index in [1.54, 1.807) is 24.4 Å². The van der Waals surface area contributed by atoms with Gasteiger partial charge in [0.05, 0.1) is 30.5 Å². The molecule has 0 bridgehead atoms. The summed E-state index contributed by atoms with van der Waals surface area (Å²) in [6, 6.07) is 12.9. The third-order valence-electron chi connectivity index (χ3n) is 4.63. The number of nitrogens with zero attached hydrogens (tertiary/aromatic N) is 2. The molecule has 0 saturated carbocycles. The van der Waals surface area contributed by atoms with Gasteiger partial charge in [-0.1, -0.05) is 47.5 Å². The summed E-state index contributed by atoms with van der Waals surface area (Å²) in [5.41, 5.74) is 3.41. The molecule has 0 unspecified atom stereocenters. The lowest BCUT2D eigenvalue weighted by Gasteiger charge is -2.19. The Balaban J connectivity index is 1.66. The van der Waals surface area contributed by atoms with Gasteiger partial charge in [0.1, 0.15) is 11.5 Å². The van der Waals surface area contributed by atoms with Crippen LogP contribution in [0.25, 0.3) is 11.3 Å². The predicted molar refractivity (Wildman–Crippen MR) is 107 cm³/mol. The molecular formula is C20H17Cl2N3O2. The third kappa shape index (κ3) is 3.46. The molecule has 1 aliphatic rings. The maximum atomic E-state index is 10.4. The van der Waals surface area contributed by atoms with Crippen LogP contribution in [0.3, 0.4) is 0 Å². The number of fused-ring (bicyclic) bond motifs is 1. The topological polar surface area (TPSA) is 67.3 Å². The number of benzene rings is 2. The van der Waals surface area contributed by atoms with E-state index in [0.29, 0.717) is 39.4 Å². The van der Waals surface area contributed by atoms with Crippen LogP contribution in [0.2, 0.25) is 10.0 Å². The first-order chi connectivity index (χ1) is 13.1. The molecule has 0 spiro atoms. The van der Waals surface area contributed by atoms with Crippen LogP contribution >= 0.6 is 23.2 Å². The van der Waals surface area contributed by atoms with Crippen LogP contribution in [-0.4, -0.2) is 28.3 Å². The average Bonchev–Trinajstić information content (AvgIpc) is 2.97. The van der Waals surface area contributed by atoms with Gasteiger partial charge in [-0.15, -0.1) is 0 Å². The summed E-state index contributed by atoms with van der Waals surface area (Å²) >= 11 is 12.3. The number of hydrogen-bond acceptors (Lipinski definition) is 5. The van der Waals surface area contributed by atoms with Crippen molar-refractivity contribution in [3.63, 3.8) is 0 Å². The van der Waals surface area contributed by atoms with E-state index in [1.165, 1.54) is 7.11 Å². The van der Waals surface area contributed by atoms with E-state index >= 15 is 0 Å². The molecule has 0 aliphatic heterocycles. The van der Waals surface area contributed by atoms with Gasteiger partial charge in [-0.25, -0.2) is 4.98 Å². The molecule has 1 aliphatic carbocycles. The predicted octanol–water partition coefficient (Wildman–Crippen LogP) is 4.53. The molecule has 4 rings (SSSR count). The van der Waals surface area contributed by atoms with Crippen LogP contribution in [0.5, 0.6) is 5.88 Å². The quantitative estimate of drug-likeness (QED) is 0.671. The molecule has 1 aromatic heterocycles. The van der Waals surface area contributed by atoms with Crippen molar-refractivity contribution >= 4 is 29.0 Å². The lowest BCUT2D eigenvalue weighted by molar-refractivity contribution is 0.165. The summed E-state index contributed by atoms with van der Waals surface area (Å²) in [4.78, 5) is 8.98. The summed E-state index contributed by atoms with van der Waals surface area (Å²) in [6.07, 6.45) is 1.69. The lowest BCUT2D eigenvalue weighted by atomic mass is 10.1. The second-order valence-electron chi connectivity index (χ2n) is 6.33. The van der Waals surface area contributed by atoms with Crippen molar-refractivity contribution in [2.45, 2.75) is 18.6 Å². The summed E-state index contributed by atoms with van der Waals surface area (Å²) in [6.45, 7) is 0.